The molecule has 4 unspecified atom stereocenters. The van der Waals surface area contributed by atoms with Crippen LogP contribution in [-0.4, -0.2) is 12.3 Å². The van der Waals surface area contributed by atoms with Crippen LogP contribution in [0.25, 0.3) is 0 Å². The largest absolute Gasteiger partial charge is 0.290 e. The van der Waals surface area contributed by atoms with Crippen LogP contribution in [0, 0.1) is 23.2 Å². The molecule has 0 aromatic heterocycles. The summed E-state index contributed by atoms with van der Waals surface area (Å²) >= 11 is 0. The van der Waals surface area contributed by atoms with Crippen LogP contribution in [0.5, 0.6) is 0 Å². The van der Waals surface area contributed by atoms with E-state index in [2.05, 4.69) is 74.0 Å². The standard InChI is InChI=1S/C32H45N/c1-5-10-26-21-30(28-11-8-7-9-12-28)23-32(22-26)17-15-27(16-18-32)25(4)29-13-14-31(33-6-2)20-24(3)19-29/h6-9,11-14,19,24,26-27,30-31H,4-5,10,15-18,20-23H2,1-3H3. The Morgan fingerprint density at radius 1 is 1.12 bits per heavy atom. The molecule has 1 nitrogen and oxygen atoms in total. The van der Waals surface area contributed by atoms with Gasteiger partial charge in [-0.1, -0.05) is 81.8 Å². The van der Waals surface area contributed by atoms with Crippen molar-refractivity contribution in [2.24, 2.45) is 28.2 Å². The summed E-state index contributed by atoms with van der Waals surface area (Å²) in [6.07, 6.45) is 22.5. The lowest BCUT2D eigenvalue weighted by Crippen LogP contribution is -2.36. The first-order valence-electron chi connectivity index (χ1n) is 13.6. The fourth-order valence-corrected chi connectivity index (χ4v) is 7.24. The van der Waals surface area contributed by atoms with Crippen molar-refractivity contribution in [2.45, 2.75) is 96.9 Å². The first-order valence-corrected chi connectivity index (χ1v) is 13.6. The lowest BCUT2D eigenvalue weighted by molar-refractivity contribution is 0.0582. The molecule has 1 heteroatoms. The molecule has 0 bridgehead atoms. The quantitative estimate of drug-likeness (QED) is 0.389. The van der Waals surface area contributed by atoms with Crippen molar-refractivity contribution in [3.63, 3.8) is 0 Å². The smallest absolute Gasteiger partial charge is 0.0684 e. The highest BCUT2D eigenvalue weighted by Crippen LogP contribution is 2.56. The van der Waals surface area contributed by atoms with Gasteiger partial charge in [-0.15, -0.1) is 0 Å². The van der Waals surface area contributed by atoms with Crippen molar-refractivity contribution >= 4 is 6.21 Å². The predicted octanol–water partition coefficient (Wildman–Crippen LogP) is 9.08. The van der Waals surface area contributed by atoms with E-state index in [0.717, 1.165) is 18.3 Å². The van der Waals surface area contributed by atoms with Gasteiger partial charge in [0.2, 0.25) is 0 Å². The van der Waals surface area contributed by atoms with Gasteiger partial charge >= 0.3 is 0 Å². The molecule has 33 heavy (non-hydrogen) atoms. The number of hydrogen-bond acceptors (Lipinski definition) is 1. The second kappa shape index (κ2) is 11.0. The van der Waals surface area contributed by atoms with Crippen molar-refractivity contribution in [3.8, 4) is 0 Å². The molecular weight excluding hydrogens is 398 g/mol. The molecule has 3 aliphatic carbocycles. The number of benzene rings is 1. The highest BCUT2D eigenvalue weighted by Gasteiger charge is 2.43. The Morgan fingerprint density at radius 2 is 1.88 bits per heavy atom. The zero-order chi connectivity index (χ0) is 23.3. The summed E-state index contributed by atoms with van der Waals surface area (Å²) in [6.45, 7) is 11.3. The first-order chi connectivity index (χ1) is 16.0. The fourth-order valence-electron chi connectivity index (χ4n) is 7.24. The molecule has 0 heterocycles. The van der Waals surface area contributed by atoms with Crippen LogP contribution in [-0.2, 0) is 0 Å². The Morgan fingerprint density at radius 3 is 2.58 bits per heavy atom. The summed E-state index contributed by atoms with van der Waals surface area (Å²) in [5.74, 6) is 2.85. The van der Waals surface area contributed by atoms with Gasteiger partial charge in [0.15, 0.2) is 0 Å². The zero-order valence-electron chi connectivity index (χ0n) is 21.3. The van der Waals surface area contributed by atoms with Crippen molar-refractivity contribution in [1.29, 1.82) is 0 Å². The van der Waals surface area contributed by atoms with Crippen LogP contribution in [0.3, 0.4) is 0 Å². The molecule has 0 aliphatic heterocycles. The van der Waals surface area contributed by atoms with Crippen LogP contribution in [0.1, 0.15) is 96.5 Å². The maximum atomic E-state index is 4.64. The number of allylic oxidation sites excluding steroid dienone is 4. The van der Waals surface area contributed by atoms with Crippen molar-refractivity contribution in [2.75, 3.05) is 0 Å². The summed E-state index contributed by atoms with van der Waals surface area (Å²) in [5.41, 5.74) is 4.90. The second-order valence-corrected chi connectivity index (χ2v) is 11.4. The molecule has 2 saturated carbocycles. The Labute approximate surface area is 203 Å². The van der Waals surface area contributed by atoms with E-state index in [-0.39, 0.29) is 0 Å². The van der Waals surface area contributed by atoms with Gasteiger partial charge in [-0.2, -0.15) is 0 Å². The van der Waals surface area contributed by atoms with Crippen molar-refractivity contribution < 1.29 is 0 Å². The molecule has 0 N–H and O–H groups in total. The number of aliphatic imine (C=N–C) groups is 1. The van der Waals surface area contributed by atoms with E-state index in [4.69, 9.17) is 0 Å². The third-order valence-corrected chi connectivity index (χ3v) is 8.81. The molecule has 3 aliphatic rings. The molecule has 1 spiro atoms. The third-order valence-electron chi connectivity index (χ3n) is 8.81. The average molecular weight is 444 g/mol. The van der Waals surface area contributed by atoms with Gasteiger partial charge in [0.25, 0.3) is 0 Å². The number of rotatable bonds is 6. The van der Waals surface area contributed by atoms with E-state index in [1.165, 1.54) is 68.9 Å². The van der Waals surface area contributed by atoms with E-state index in [1.807, 2.05) is 13.1 Å². The summed E-state index contributed by atoms with van der Waals surface area (Å²) in [5, 5.41) is 0. The Hall–Kier alpha value is -1.89. The normalized spacial score (nSPS) is 34.9. The van der Waals surface area contributed by atoms with Gasteiger partial charge in [0.1, 0.15) is 0 Å². The lowest BCUT2D eigenvalue weighted by Gasteiger charge is -2.49. The summed E-state index contributed by atoms with van der Waals surface area (Å²) in [6, 6.07) is 11.7. The number of hydrogen-bond donors (Lipinski definition) is 0. The van der Waals surface area contributed by atoms with Gasteiger partial charge < -0.3 is 0 Å². The van der Waals surface area contributed by atoms with E-state index >= 15 is 0 Å². The average Bonchev–Trinajstić information content (AvgIpc) is 3.01. The van der Waals surface area contributed by atoms with E-state index < -0.39 is 0 Å². The monoisotopic (exact) mass is 443 g/mol. The van der Waals surface area contributed by atoms with Gasteiger partial charge in [0, 0.05) is 0 Å². The van der Waals surface area contributed by atoms with E-state index in [0.29, 0.717) is 23.3 Å². The fraction of sp³-hybridized carbons (Fsp3) is 0.594. The predicted molar refractivity (Wildman–Crippen MR) is 144 cm³/mol. The molecule has 4 atom stereocenters. The molecular formula is C32H45N. The molecule has 178 valence electrons. The van der Waals surface area contributed by atoms with Crippen LogP contribution in [0.4, 0.5) is 0 Å². The minimum absolute atomic E-state index is 0.314. The van der Waals surface area contributed by atoms with E-state index in [9.17, 15) is 0 Å². The maximum absolute atomic E-state index is 4.64. The highest BCUT2D eigenvalue weighted by molar-refractivity contribution is 5.54. The molecule has 0 radical (unpaired) electrons. The van der Waals surface area contributed by atoms with Crippen molar-refractivity contribution in [1.82, 2.24) is 0 Å². The van der Waals surface area contributed by atoms with Crippen LogP contribution < -0.4 is 0 Å². The summed E-state index contributed by atoms with van der Waals surface area (Å²) in [4.78, 5) is 4.64. The molecule has 0 saturated heterocycles. The minimum atomic E-state index is 0.314. The van der Waals surface area contributed by atoms with Gasteiger partial charge in [-0.05, 0) is 110 Å². The minimum Gasteiger partial charge on any atom is -0.290 e. The number of nitrogens with zero attached hydrogens (tertiary/aromatic N) is 1. The molecule has 4 rings (SSSR count). The van der Waals surface area contributed by atoms with Gasteiger partial charge in [-0.25, -0.2) is 0 Å². The van der Waals surface area contributed by atoms with Crippen LogP contribution in [0.15, 0.2) is 71.3 Å². The Bertz CT molecular complexity index is 865. The molecule has 1 aromatic carbocycles. The van der Waals surface area contributed by atoms with Gasteiger partial charge in [-0.3, -0.25) is 4.99 Å². The highest BCUT2D eigenvalue weighted by atomic mass is 14.8. The van der Waals surface area contributed by atoms with E-state index in [1.54, 1.807) is 5.56 Å². The SMILES string of the molecule is C=C(C1=CC(C)CC(N=CC)C=C1)C1CCC2(CC1)CC(CCC)CC(c1ccccc1)C2. The van der Waals surface area contributed by atoms with Crippen LogP contribution in [0.2, 0.25) is 0 Å². The second-order valence-electron chi connectivity index (χ2n) is 11.4. The molecule has 0 amide bonds. The lowest BCUT2D eigenvalue weighted by atomic mass is 9.56. The first kappa shape index (κ1) is 24.2. The Balaban J connectivity index is 1.44. The Kier molecular flexibility index (Phi) is 8.10. The topological polar surface area (TPSA) is 12.4 Å². The van der Waals surface area contributed by atoms with Crippen LogP contribution >= 0.6 is 0 Å². The molecule has 1 aromatic rings. The third kappa shape index (κ3) is 5.97. The summed E-state index contributed by atoms with van der Waals surface area (Å²) < 4.78 is 0. The van der Waals surface area contributed by atoms with Gasteiger partial charge in [0.05, 0.1) is 6.04 Å². The maximum Gasteiger partial charge on any atom is 0.0684 e. The molecule has 2 fully saturated rings. The summed E-state index contributed by atoms with van der Waals surface area (Å²) in [7, 11) is 0. The van der Waals surface area contributed by atoms with Crippen molar-refractivity contribution in [3.05, 3.63) is 71.8 Å². The zero-order valence-corrected chi connectivity index (χ0v) is 21.3.